The Morgan fingerprint density at radius 1 is 0.966 bits per heavy atom. The van der Waals surface area contributed by atoms with Gasteiger partial charge in [0.15, 0.2) is 11.5 Å². The van der Waals surface area contributed by atoms with Crippen LogP contribution in [0.25, 0.3) is 6.08 Å². The van der Waals surface area contributed by atoms with Crippen LogP contribution in [-0.4, -0.2) is 33.4 Å². The van der Waals surface area contributed by atoms with E-state index < -0.39 is 0 Å². The van der Waals surface area contributed by atoms with Crippen molar-refractivity contribution in [1.29, 1.82) is 0 Å². The molecule has 4 nitrogen and oxygen atoms in total. The summed E-state index contributed by atoms with van der Waals surface area (Å²) in [6.45, 7) is 1.90. The molecule has 2 aliphatic rings. The minimum atomic E-state index is 0.326. The highest BCUT2D eigenvalue weighted by Gasteiger charge is 2.22. The van der Waals surface area contributed by atoms with Gasteiger partial charge in [-0.3, -0.25) is 0 Å². The molecule has 2 aromatic carbocycles. The van der Waals surface area contributed by atoms with E-state index in [1.807, 2.05) is 12.1 Å². The van der Waals surface area contributed by atoms with Crippen LogP contribution in [0.1, 0.15) is 49.1 Å². The molecule has 1 atom stereocenters. The Hall–Kier alpha value is -2.46. The summed E-state index contributed by atoms with van der Waals surface area (Å²) in [5, 5.41) is 3.58. The van der Waals surface area contributed by atoms with E-state index >= 15 is 0 Å². The van der Waals surface area contributed by atoms with Gasteiger partial charge in [0, 0.05) is 19.0 Å². The van der Waals surface area contributed by atoms with Crippen molar-refractivity contribution in [2.75, 3.05) is 27.3 Å². The Kier molecular flexibility index (Phi) is 6.40. The molecule has 4 heteroatoms. The Labute approximate surface area is 173 Å². The molecule has 2 aromatic rings. The van der Waals surface area contributed by atoms with Gasteiger partial charge in [-0.2, -0.15) is 0 Å². The highest BCUT2D eigenvalue weighted by Crippen LogP contribution is 2.36. The van der Waals surface area contributed by atoms with Crippen molar-refractivity contribution in [3.05, 3.63) is 59.2 Å². The van der Waals surface area contributed by atoms with Crippen LogP contribution >= 0.6 is 0 Å². The molecule has 1 saturated carbocycles. The number of hydrogen-bond donors (Lipinski definition) is 1. The molecule has 29 heavy (non-hydrogen) atoms. The summed E-state index contributed by atoms with van der Waals surface area (Å²) in [5.41, 5.74) is 3.90. The van der Waals surface area contributed by atoms with Gasteiger partial charge >= 0.3 is 0 Å². The molecule has 0 unspecified atom stereocenters. The number of nitrogens with one attached hydrogen (secondary N) is 1. The molecule has 154 valence electrons. The summed E-state index contributed by atoms with van der Waals surface area (Å²) in [6, 6.07) is 14.7. The van der Waals surface area contributed by atoms with Gasteiger partial charge in [-0.05, 0) is 67.5 Å². The molecule has 1 heterocycles. The van der Waals surface area contributed by atoms with Crippen molar-refractivity contribution < 1.29 is 14.2 Å². The van der Waals surface area contributed by atoms with E-state index in [9.17, 15) is 0 Å². The highest BCUT2D eigenvalue weighted by atomic mass is 16.5. The van der Waals surface area contributed by atoms with Gasteiger partial charge in [0.2, 0.25) is 0 Å². The lowest BCUT2D eigenvalue weighted by molar-refractivity contribution is 0.200. The van der Waals surface area contributed by atoms with E-state index in [2.05, 4.69) is 41.7 Å². The lowest BCUT2D eigenvalue weighted by atomic mass is 9.88. The number of benzene rings is 2. The molecule has 2 fully saturated rings. The maximum atomic E-state index is 6.30. The fourth-order valence-electron chi connectivity index (χ4n) is 4.41. The third-order valence-electron chi connectivity index (χ3n) is 5.97. The van der Waals surface area contributed by atoms with Gasteiger partial charge in [0.25, 0.3) is 0 Å². The number of ether oxygens (including phenoxy) is 3. The smallest absolute Gasteiger partial charge is 0.161 e. The van der Waals surface area contributed by atoms with Crippen LogP contribution in [0, 0.1) is 0 Å². The van der Waals surface area contributed by atoms with Crippen molar-refractivity contribution in [2.24, 2.45) is 0 Å². The molecule has 0 amide bonds. The summed E-state index contributed by atoms with van der Waals surface area (Å²) in [5.74, 6) is 3.04. The van der Waals surface area contributed by atoms with E-state index in [1.165, 1.54) is 29.5 Å². The minimum absolute atomic E-state index is 0.326. The van der Waals surface area contributed by atoms with E-state index in [-0.39, 0.29) is 0 Å². The predicted octanol–water partition coefficient (Wildman–Crippen LogP) is 5.19. The van der Waals surface area contributed by atoms with Crippen LogP contribution in [0.15, 0.2) is 48.0 Å². The number of hydrogen-bond acceptors (Lipinski definition) is 4. The van der Waals surface area contributed by atoms with Gasteiger partial charge in [0.1, 0.15) is 5.75 Å². The number of rotatable bonds is 6. The van der Waals surface area contributed by atoms with Crippen molar-refractivity contribution >= 4 is 6.08 Å². The third-order valence-corrected chi connectivity index (χ3v) is 5.97. The summed E-state index contributed by atoms with van der Waals surface area (Å²) in [6.07, 6.45) is 8.46. The molecular formula is C25H31NO3. The maximum Gasteiger partial charge on any atom is 0.161 e. The monoisotopic (exact) mass is 393 g/mol. The molecule has 0 spiro atoms. The summed E-state index contributed by atoms with van der Waals surface area (Å²) >= 11 is 0. The zero-order valence-corrected chi connectivity index (χ0v) is 17.4. The van der Waals surface area contributed by atoms with E-state index in [1.54, 1.807) is 14.2 Å². The van der Waals surface area contributed by atoms with E-state index in [0.29, 0.717) is 12.0 Å². The lowest BCUT2D eigenvalue weighted by Gasteiger charge is -2.27. The quantitative estimate of drug-likeness (QED) is 0.733. The molecule has 4 rings (SSSR count). The first-order valence-electron chi connectivity index (χ1n) is 10.6. The van der Waals surface area contributed by atoms with Gasteiger partial charge in [-0.25, -0.2) is 0 Å². The SMILES string of the molecule is COc1cccc(/C=C2/CNC[C@H](c3ccc(OC)c(OC4CCCC4)c3)C2)c1. The van der Waals surface area contributed by atoms with Gasteiger partial charge in [0.05, 0.1) is 20.3 Å². The Balaban J connectivity index is 1.52. The van der Waals surface area contributed by atoms with Crippen LogP contribution in [0.3, 0.4) is 0 Å². The number of methoxy groups -OCH3 is 2. The normalized spacial score (nSPS) is 21.3. The Bertz CT molecular complexity index is 855. The molecule has 1 N–H and O–H groups in total. The Morgan fingerprint density at radius 2 is 1.83 bits per heavy atom. The minimum Gasteiger partial charge on any atom is -0.497 e. The molecular weight excluding hydrogens is 362 g/mol. The first kappa shape index (κ1) is 19.8. The molecule has 0 radical (unpaired) electrons. The van der Waals surface area contributed by atoms with Crippen LogP contribution in [0.4, 0.5) is 0 Å². The second-order valence-electron chi connectivity index (χ2n) is 8.05. The largest absolute Gasteiger partial charge is 0.497 e. The van der Waals surface area contributed by atoms with Crippen molar-refractivity contribution in [3.63, 3.8) is 0 Å². The van der Waals surface area contributed by atoms with E-state index in [4.69, 9.17) is 14.2 Å². The third kappa shape index (κ3) is 4.94. The molecule has 1 aliphatic heterocycles. The zero-order valence-electron chi connectivity index (χ0n) is 17.4. The first-order chi connectivity index (χ1) is 14.2. The standard InChI is InChI=1S/C25H31NO3/c1-27-23-9-5-6-18(14-23)12-19-13-21(17-26-16-19)20-10-11-24(28-2)25(15-20)29-22-7-3-4-8-22/h5-6,9-12,14-15,21-22,26H,3-4,7-8,13,16-17H2,1-2H3/b19-12+/t21-/m1/s1. The predicted molar refractivity (Wildman–Crippen MR) is 117 cm³/mol. The van der Waals surface area contributed by atoms with Crippen LogP contribution in [-0.2, 0) is 0 Å². The van der Waals surface area contributed by atoms with E-state index in [0.717, 1.165) is 49.6 Å². The van der Waals surface area contributed by atoms with Crippen molar-refractivity contribution in [1.82, 2.24) is 5.32 Å². The van der Waals surface area contributed by atoms with Gasteiger partial charge in [-0.15, -0.1) is 0 Å². The Morgan fingerprint density at radius 3 is 2.62 bits per heavy atom. The molecule has 0 bridgehead atoms. The lowest BCUT2D eigenvalue weighted by Crippen LogP contribution is -2.30. The average Bonchev–Trinajstić information content (AvgIpc) is 3.27. The van der Waals surface area contributed by atoms with Crippen molar-refractivity contribution in [3.8, 4) is 17.2 Å². The zero-order chi connectivity index (χ0) is 20.1. The number of piperidine rings is 1. The first-order valence-corrected chi connectivity index (χ1v) is 10.6. The second kappa shape index (κ2) is 9.36. The van der Waals surface area contributed by atoms with Crippen LogP contribution in [0.5, 0.6) is 17.2 Å². The fourth-order valence-corrected chi connectivity index (χ4v) is 4.41. The molecule has 1 aliphatic carbocycles. The highest BCUT2D eigenvalue weighted by molar-refractivity contribution is 5.56. The van der Waals surface area contributed by atoms with Crippen molar-refractivity contribution in [2.45, 2.75) is 44.1 Å². The summed E-state index contributed by atoms with van der Waals surface area (Å²) < 4.78 is 17.2. The average molecular weight is 394 g/mol. The fraction of sp³-hybridized carbons (Fsp3) is 0.440. The van der Waals surface area contributed by atoms with Crippen LogP contribution in [0.2, 0.25) is 0 Å². The van der Waals surface area contributed by atoms with Gasteiger partial charge in [-0.1, -0.05) is 29.8 Å². The topological polar surface area (TPSA) is 39.7 Å². The molecule has 1 saturated heterocycles. The summed E-state index contributed by atoms with van der Waals surface area (Å²) in [4.78, 5) is 0. The van der Waals surface area contributed by atoms with Crippen LogP contribution < -0.4 is 19.5 Å². The molecule has 0 aromatic heterocycles. The maximum absolute atomic E-state index is 6.30. The van der Waals surface area contributed by atoms with Gasteiger partial charge < -0.3 is 19.5 Å². The summed E-state index contributed by atoms with van der Waals surface area (Å²) in [7, 11) is 3.42. The second-order valence-corrected chi connectivity index (χ2v) is 8.05.